The normalized spacial score (nSPS) is 30.4. The van der Waals surface area contributed by atoms with Crippen LogP contribution >= 0.6 is 12.2 Å². The predicted molar refractivity (Wildman–Crippen MR) is 146 cm³/mol. The third-order valence-electron chi connectivity index (χ3n) is 9.33. The molecule has 7 heteroatoms. The smallest absolute Gasteiger partial charge is 0.241 e. The van der Waals surface area contributed by atoms with Crippen molar-refractivity contribution in [2.45, 2.75) is 70.3 Å². The van der Waals surface area contributed by atoms with E-state index in [9.17, 15) is 9.90 Å². The molecule has 6 nitrogen and oxygen atoms in total. The number of hydrogen-bond acceptors (Lipinski definition) is 4. The molecule has 5 rings (SSSR count). The van der Waals surface area contributed by atoms with E-state index in [1.807, 2.05) is 31.2 Å². The van der Waals surface area contributed by atoms with Gasteiger partial charge in [0.15, 0.2) is 5.11 Å². The summed E-state index contributed by atoms with van der Waals surface area (Å²) in [5.74, 6) is 2.18. The molecule has 0 aromatic heterocycles. The molecule has 0 bridgehead atoms. The van der Waals surface area contributed by atoms with Gasteiger partial charge in [-0.05, 0) is 116 Å². The molecule has 2 saturated carbocycles. The molecule has 3 aliphatic carbocycles. The number of nitrogens with one attached hydrogen (secondary N) is 3. The van der Waals surface area contributed by atoms with Crippen molar-refractivity contribution < 1.29 is 14.6 Å². The number of benzene rings is 2. The number of rotatable bonds is 4. The predicted octanol–water partition coefficient (Wildman–Crippen LogP) is 5.00. The number of fused-ring (bicyclic) bond motifs is 5. The molecule has 5 atom stereocenters. The minimum atomic E-state index is -1.01. The summed E-state index contributed by atoms with van der Waals surface area (Å²) < 4.78 is 5.45. The van der Waals surface area contributed by atoms with E-state index in [4.69, 9.17) is 17.0 Å². The second-order valence-electron chi connectivity index (χ2n) is 11.2. The molecular formula is C29H37N3O3S. The van der Waals surface area contributed by atoms with Gasteiger partial charge in [0.25, 0.3) is 0 Å². The van der Waals surface area contributed by atoms with Crippen LogP contribution in [0.3, 0.4) is 0 Å². The van der Waals surface area contributed by atoms with E-state index in [0.717, 1.165) is 49.1 Å². The summed E-state index contributed by atoms with van der Waals surface area (Å²) in [6.07, 6.45) is 5.85. The minimum absolute atomic E-state index is 0.0747. The van der Waals surface area contributed by atoms with Crippen LogP contribution in [0.2, 0.25) is 0 Å². The lowest BCUT2D eigenvalue weighted by Crippen LogP contribution is -2.54. The van der Waals surface area contributed by atoms with Crippen molar-refractivity contribution in [1.82, 2.24) is 10.9 Å². The summed E-state index contributed by atoms with van der Waals surface area (Å²) in [6.45, 7) is 4.24. The van der Waals surface area contributed by atoms with Crippen molar-refractivity contribution in [2.24, 2.45) is 17.3 Å². The Morgan fingerprint density at radius 3 is 2.64 bits per heavy atom. The van der Waals surface area contributed by atoms with Crippen LogP contribution < -0.4 is 20.9 Å². The summed E-state index contributed by atoms with van der Waals surface area (Å²) in [5.41, 5.74) is 9.08. The minimum Gasteiger partial charge on any atom is -0.497 e. The summed E-state index contributed by atoms with van der Waals surface area (Å²) in [4.78, 5) is 12.9. The molecule has 2 aromatic rings. The molecule has 0 heterocycles. The van der Waals surface area contributed by atoms with Crippen LogP contribution in [0.4, 0.5) is 5.69 Å². The van der Waals surface area contributed by atoms with Crippen molar-refractivity contribution in [1.29, 1.82) is 0 Å². The highest BCUT2D eigenvalue weighted by atomic mass is 32.1. The van der Waals surface area contributed by atoms with Crippen molar-refractivity contribution in [3.8, 4) is 5.75 Å². The van der Waals surface area contributed by atoms with Crippen LogP contribution in [-0.2, 0) is 11.2 Å². The first-order valence-corrected chi connectivity index (χ1v) is 13.4. The van der Waals surface area contributed by atoms with E-state index in [1.54, 1.807) is 7.11 Å². The second-order valence-corrected chi connectivity index (χ2v) is 11.6. The van der Waals surface area contributed by atoms with E-state index in [2.05, 4.69) is 41.3 Å². The van der Waals surface area contributed by atoms with Crippen molar-refractivity contribution in [3.05, 3.63) is 59.2 Å². The Bertz CT molecular complexity index is 1150. The molecule has 4 N–H and O–H groups in total. The zero-order valence-corrected chi connectivity index (χ0v) is 22.2. The monoisotopic (exact) mass is 507 g/mol. The average Bonchev–Trinajstić information content (AvgIpc) is 3.13. The zero-order valence-electron chi connectivity index (χ0n) is 21.4. The average molecular weight is 508 g/mol. The second kappa shape index (κ2) is 9.67. The molecular weight excluding hydrogens is 470 g/mol. The Balaban J connectivity index is 1.21. The maximum absolute atomic E-state index is 12.9. The first-order chi connectivity index (χ1) is 17.2. The van der Waals surface area contributed by atoms with Crippen LogP contribution in [0, 0.1) is 24.2 Å². The Labute approximate surface area is 219 Å². The number of thiocarbonyl (C=S) groups is 1. The SMILES string of the molecule is COc1ccc2c(c1)CC[C@@H]1[C@@H]2CC[C@@]2(C)[C@H]1CC[C@@]2(O)CC(=O)NNC(=S)Nc1ccc(C)cc1. The third-order valence-corrected chi connectivity index (χ3v) is 9.54. The lowest BCUT2D eigenvalue weighted by molar-refractivity contribution is -0.140. The van der Waals surface area contributed by atoms with Crippen LogP contribution in [-0.4, -0.2) is 28.8 Å². The van der Waals surface area contributed by atoms with E-state index < -0.39 is 5.60 Å². The lowest BCUT2D eigenvalue weighted by atomic mass is 9.53. The highest BCUT2D eigenvalue weighted by Crippen LogP contribution is 2.65. The van der Waals surface area contributed by atoms with Crippen molar-refractivity contribution >= 4 is 28.9 Å². The Kier molecular flexibility index (Phi) is 6.72. The van der Waals surface area contributed by atoms with Crippen LogP contribution in [0.1, 0.15) is 68.1 Å². The number of carbonyl (C=O) groups is 1. The quantitative estimate of drug-likeness (QED) is 0.345. The Morgan fingerprint density at radius 1 is 1.11 bits per heavy atom. The van der Waals surface area contributed by atoms with Gasteiger partial charge in [-0.2, -0.15) is 0 Å². The maximum atomic E-state index is 12.9. The molecule has 1 amide bonds. The highest BCUT2D eigenvalue weighted by molar-refractivity contribution is 7.80. The van der Waals surface area contributed by atoms with Crippen molar-refractivity contribution in [2.75, 3.05) is 12.4 Å². The van der Waals surface area contributed by atoms with E-state index >= 15 is 0 Å². The van der Waals surface area contributed by atoms with Gasteiger partial charge >= 0.3 is 0 Å². The van der Waals surface area contributed by atoms with E-state index in [0.29, 0.717) is 29.3 Å². The van der Waals surface area contributed by atoms with Gasteiger partial charge in [0.2, 0.25) is 5.91 Å². The van der Waals surface area contributed by atoms with Gasteiger partial charge in [0, 0.05) is 5.69 Å². The summed E-state index contributed by atoms with van der Waals surface area (Å²) in [6, 6.07) is 14.4. The number of anilines is 1. The van der Waals surface area contributed by atoms with Crippen LogP contribution in [0.25, 0.3) is 0 Å². The topological polar surface area (TPSA) is 82.6 Å². The number of methoxy groups -OCH3 is 1. The van der Waals surface area contributed by atoms with E-state index in [-0.39, 0.29) is 17.7 Å². The largest absolute Gasteiger partial charge is 0.497 e. The first-order valence-electron chi connectivity index (χ1n) is 13.0. The van der Waals surface area contributed by atoms with Crippen LogP contribution in [0.5, 0.6) is 5.75 Å². The molecule has 36 heavy (non-hydrogen) atoms. The van der Waals surface area contributed by atoms with E-state index in [1.165, 1.54) is 11.1 Å². The number of carbonyl (C=O) groups excluding carboxylic acids is 1. The fraction of sp³-hybridized carbons (Fsp3) is 0.517. The van der Waals surface area contributed by atoms with Gasteiger partial charge in [-0.3, -0.25) is 15.6 Å². The number of ether oxygens (including phenoxy) is 1. The summed E-state index contributed by atoms with van der Waals surface area (Å²) in [5, 5.41) is 15.2. The standard InChI is InChI=1S/C29H37N3O3S/c1-18-4-7-20(8-5-18)30-27(36)32-31-26(33)17-29(34)15-13-25-24-10-6-19-16-21(35-3)9-11-22(19)23(24)12-14-28(25,29)2/h4-5,7-9,11,16,23-25,34H,6,10,12-15,17H2,1-3H3,(H,31,33)(H2,30,32,36)/t23-,24-,25+,28+,29-/m1/s1. The Hall–Kier alpha value is -2.64. The lowest BCUT2D eigenvalue weighted by Gasteiger charge is -2.53. The number of hydrazine groups is 1. The van der Waals surface area contributed by atoms with Gasteiger partial charge in [-0.25, -0.2) is 0 Å². The Morgan fingerprint density at radius 2 is 1.89 bits per heavy atom. The van der Waals surface area contributed by atoms with Gasteiger partial charge in [0.1, 0.15) is 5.75 Å². The molecule has 0 unspecified atom stereocenters. The highest BCUT2D eigenvalue weighted by Gasteiger charge is 2.61. The summed E-state index contributed by atoms with van der Waals surface area (Å²) in [7, 11) is 1.72. The number of amides is 1. The molecule has 0 radical (unpaired) electrons. The van der Waals surface area contributed by atoms with Gasteiger partial charge in [-0.1, -0.05) is 30.7 Å². The number of hydrogen-bond donors (Lipinski definition) is 4. The van der Waals surface area contributed by atoms with Gasteiger partial charge in [-0.15, -0.1) is 0 Å². The molecule has 0 saturated heterocycles. The third kappa shape index (κ3) is 4.48. The van der Waals surface area contributed by atoms with Crippen LogP contribution in [0.15, 0.2) is 42.5 Å². The number of aryl methyl sites for hydroxylation is 2. The first kappa shape index (κ1) is 25.0. The summed E-state index contributed by atoms with van der Waals surface area (Å²) >= 11 is 5.32. The molecule has 2 aromatic carbocycles. The molecule has 3 aliphatic rings. The fourth-order valence-electron chi connectivity index (χ4n) is 7.32. The van der Waals surface area contributed by atoms with Gasteiger partial charge < -0.3 is 15.2 Å². The van der Waals surface area contributed by atoms with Gasteiger partial charge in [0.05, 0.1) is 19.1 Å². The van der Waals surface area contributed by atoms with Crippen molar-refractivity contribution in [3.63, 3.8) is 0 Å². The number of aliphatic hydroxyl groups is 1. The fourth-order valence-corrected chi connectivity index (χ4v) is 7.49. The molecule has 0 aliphatic heterocycles. The maximum Gasteiger partial charge on any atom is 0.241 e. The zero-order chi connectivity index (χ0) is 25.5. The molecule has 192 valence electrons. The molecule has 0 spiro atoms. The molecule has 2 fully saturated rings.